The summed E-state index contributed by atoms with van der Waals surface area (Å²) in [5, 5.41) is 9.39. The Morgan fingerprint density at radius 2 is 2.36 bits per heavy atom. The van der Waals surface area contributed by atoms with Crippen LogP contribution >= 0.6 is 11.8 Å². The molecule has 1 rings (SSSR count). The smallest absolute Gasteiger partial charge is 0.132 e. The second kappa shape index (κ2) is 5.45. The molecular weight excluding hydrogens is 196 g/mol. The fourth-order valence-corrected chi connectivity index (χ4v) is 1.36. The Morgan fingerprint density at radius 1 is 1.57 bits per heavy atom. The van der Waals surface area contributed by atoms with E-state index in [1.807, 2.05) is 24.3 Å². The van der Waals surface area contributed by atoms with Crippen LogP contribution in [0.25, 0.3) is 0 Å². The molecule has 4 nitrogen and oxygen atoms in total. The third-order valence-electron chi connectivity index (χ3n) is 1.79. The highest BCUT2D eigenvalue weighted by molar-refractivity contribution is 7.98. The van der Waals surface area contributed by atoms with Crippen molar-refractivity contribution in [2.45, 2.75) is 11.4 Å². The SMILES string of the molecule is CSc1cc(N(C)CCC#N)ncn1. The van der Waals surface area contributed by atoms with Crippen molar-refractivity contribution in [3.05, 3.63) is 12.4 Å². The lowest BCUT2D eigenvalue weighted by atomic mass is 10.4. The molecule has 5 heteroatoms. The Labute approximate surface area is 88.0 Å². The van der Waals surface area contributed by atoms with E-state index >= 15 is 0 Å². The molecule has 0 saturated heterocycles. The third kappa shape index (κ3) is 2.89. The topological polar surface area (TPSA) is 52.8 Å². The zero-order valence-electron chi connectivity index (χ0n) is 8.27. The predicted molar refractivity (Wildman–Crippen MR) is 57.3 cm³/mol. The molecule has 1 aromatic rings. The fraction of sp³-hybridized carbons (Fsp3) is 0.444. The van der Waals surface area contributed by atoms with Crippen LogP contribution in [0.15, 0.2) is 17.4 Å². The van der Waals surface area contributed by atoms with Crippen molar-refractivity contribution in [2.75, 3.05) is 24.7 Å². The standard InChI is InChI=1S/C9H12N4S/c1-13(5-3-4-10)8-6-9(14-2)12-7-11-8/h6-7H,3,5H2,1-2H3. The van der Waals surface area contributed by atoms with Gasteiger partial charge in [-0.05, 0) is 6.26 Å². The Kier molecular flexibility index (Phi) is 4.20. The average Bonchev–Trinajstić information content (AvgIpc) is 2.26. The minimum Gasteiger partial charge on any atom is -0.359 e. The summed E-state index contributed by atoms with van der Waals surface area (Å²) in [7, 11) is 1.92. The molecule has 0 atom stereocenters. The van der Waals surface area contributed by atoms with Gasteiger partial charge >= 0.3 is 0 Å². The van der Waals surface area contributed by atoms with E-state index in [1.54, 1.807) is 18.1 Å². The van der Waals surface area contributed by atoms with Crippen LogP contribution in [0.5, 0.6) is 0 Å². The number of hydrogen-bond acceptors (Lipinski definition) is 5. The van der Waals surface area contributed by atoms with Crippen LogP contribution in [0.4, 0.5) is 5.82 Å². The van der Waals surface area contributed by atoms with Crippen molar-refractivity contribution < 1.29 is 0 Å². The summed E-state index contributed by atoms with van der Waals surface area (Å²) in [5.74, 6) is 0.861. The molecule has 0 fully saturated rings. The molecule has 0 aliphatic heterocycles. The van der Waals surface area contributed by atoms with Gasteiger partial charge in [-0.15, -0.1) is 11.8 Å². The van der Waals surface area contributed by atoms with Crippen molar-refractivity contribution in [3.8, 4) is 6.07 Å². The van der Waals surface area contributed by atoms with Crippen LogP contribution in [-0.2, 0) is 0 Å². The highest BCUT2D eigenvalue weighted by Gasteiger charge is 2.02. The molecule has 74 valence electrons. The highest BCUT2D eigenvalue weighted by Crippen LogP contribution is 2.16. The molecule has 0 spiro atoms. The van der Waals surface area contributed by atoms with E-state index in [-0.39, 0.29) is 0 Å². The molecule has 1 heterocycles. The zero-order valence-corrected chi connectivity index (χ0v) is 9.08. The van der Waals surface area contributed by atoms with Gasteiger partial charge in [-0.3, -0.25) is 0 Å². The summed E-state index contributed by atoms with van der Waals surface area (Å²) < 4.78 is 0. The van der Waals surface area contributed by atoms with Crippen molar-refractivity contribution >= 4 is 17.6 Å². The van der Waals surface area contributed by atoms with Crippen LogP contribution in [0, 0.1) is 11.3 Å². The predicted octanol–water partition coefficient (Wildman–Crippen LogP) is 1.55. The number of rotatable bonds is 4. The van der Waals surface area contributed by atoms with E-state index < -0.39 is 0 Å². The largest absolute Gasteiger partial charge is 0.359 e. The van der Waals surface area contributed by atoms with Crippen LogP contribution < -0.4 is 4.90 Å². The summed E-state index contributed by atoms with van der Waals surface area (Å²) in [6.07, 6.45) is 4.03. The first-order valence-corrected chi connectivity index (χ1v) is 5.44. The normalized spacial score (nSPS) is 9.50. The molecular formula is C9H12N4S. The van der Waals surface area contributed by atoms with Gasteiger partial charge in [0.1, 0.15) is 17.2 Å². The molecule has 0 aliphatic carbocycles. The summed E-state index contributed by atoms with van der Waals surface area (Å²) in [4.78, 5) is 10.2. The van der Waals surface area contributed by atoms with Gasteiger partial charge in [0.15, 0.2) is 0 Å². The monoisotopic (exact) mass is 208 g/mol. The zero-order chi connectivity index (χ0) is 10.4. The fourth-order valence-electron chi connectivity index (χ4n) is 0.983. The molecule has 0 amide bonds. The summed E-state index contributed by atoms with van der Waals surface area (Å²) in [5.41, 5.74) is 0. The van der Waals surface area contributed by atoms with Crippen molar-refractivity contribution in [3.63, 3.8) is 0 Å². The van der Waals surface area contributed by atoms with Gasteiger partial charge in [-0.2, -0.15) is 5.26 Å². The van der Waals surface area contributed by atoms with Crippen LogP contribution in [0.3, 0.4) is 0 Å². The Bertz CT molecular complexity index is 334. The van der Waals surface area contributed by atoms with Gasteiger partial charge in [0, 0.05) is 19.7 Å². The van der Waals surface area contributed by atoms with Gasteiger partial charge in [-0.25, -0.2) is 9.97 Å². The number of thioether (sulfide) groups is 1. The maximum absolute atomic E-state index is 8.45. The lowest BCUT2D eigenvalue weighted by Crippen LogP contribution is -2.19. The molecule has 0 aromatic carbocycles. The molecule has 0 radical (unpaired) electrons. The third-order valence-corrected chi connectivity index (χ3v) is 2.43. The second-order valence-electron chi connectivity index (χ2n) is 2.75. The number of aromatic nitrogens is 2. The molecule has 0 unspecified atom stereocenters. The lowest BCUT2D eigenvalue weighted by molar-refractivity contribution is 0.869. The number of anilines is 1. The van der Waals surface area contributed by atoms with Gasteiger partial charge < -0.3 is 4.90 Å². The minimum absolute atomic E-state index is 0.509. The maximum atomic E-state index is 8.45. The van der Waals surface area contributed by atoms with Gasteiger partial charge in [0.05, 0.1) is 12.5 Å². The van der Waals surface area contributed by atoms with Gasteiger partial charge in [0.25, 0.3) is 0 Å². The molecule has 1 aromatic heterocycles. The molecule has 0 aliphatic rings. The number of nitriles is 1. The van der Waals surface area contributed by atoms with Crippen molar-refractivity contribution in [1.82, 2.24) is 9.97 Å². The Hall–Kier alpha value is -1.28. The summed E-state index contributed by atoms with van der Waals surface area (Å²) in [6.45, 7) is 0.696. The minimum atomic E-state index is 0.509. The first kappa shape index (κ1) is 10.8. The van der Waals surface area contributed by atoms with Gasteiger partial charge in [0.2, 0.25) is 0 Å². The van der Waals surface area contributed by atoms with E-state index in [2.05, 4.69) is 16.0 Å². The summed E-state index contributed by atoms with van der Waals surface area (Å²) >= 11 is 1.58. The molecule has 0 N–H and O–H groups in total. The first-order valence-electron chi connectivity index (χ1n) is 4.22. The summed E-state index contributed by atoms with van der Waals surface area (Å²) in [6, 6.07) is 4.03. The van der Waals surface area contributed by atoms with E-state index in [4.69, 9.17) is 5.26 Å². The van der Waals surface area contributed by atoms with E-state index in [0.717, 1.165) is 10.8 Å². The van der Waals surface area contributed by atoms with E-state index in [1.165, 1.54) is 0 Å². The molecule has 0 saturated carbocycles. The highest BCUT2D eigenvalue weighted by atomic mass is 32.2. The quantitative estimate of drug-likeness (QED) is 0.555. The average molecular weight is 208 g/mol. The van der Waals surface area contributed by atoms with Crippen molar-refractivity contribution in [1.29, 1.82) is 5.26 Å². The van der Waals surface area contributed by atoms with Gasteiger partial charge in [-0.1, -0.05) is 0 Å². The Morgan fingerprint density at radius 3 is 3.00 bits per heavy atom. The van der Waals surface area contributed by atoms with E-state index in [9.17, 15) is 0 Å². The van der Waals surface area contributed by atoms with Crippen LogP contribution in [0.2, 0.25) is 0 Å². The number of nitrogens with zero attached hydrogens (tertiary/aromatic N) is 4. The molecule has 14 heavy (non-hydrogen) atoms. The van der Waals surface area contributed by atoms with Crippen LogP contribution in [-0.4, -0.2) is 29.8 Å². The number of hydrogen-bond donors (Lipinski definition) is 0. The maximum Gasteiger partial charge on any atom is 0.132 e. The van der Waals surface area contributed by atoms with Crippen LogP contribution in [0.1, 0.15) is 6.42 Å². The Balaban J connectivity index is 2.70. The lowest BCUT2D eigenvalue weighted by Gasteiger charge is -2.16. The van der Waals surface area contributed by atoms with E-state index in [0.29, 0.717) is 13.0 Å². The van der Waals surface area contributed by atoms with Crippen molar-refractivity contribution in [2.24, 2.45) is 0 Å². The second-order valence-corrected chi connectivity index (χ2v) is 3.57. The molecule has 0 bridgehead atoms. The first-order chi connectivity index (χ1) is 6.77.